The first-order chi connectivity index (χ1) is 18.8. The van der Waals surface area contributed by atoms with E-state index in [0.717, 1.165) is 11.1 Å². The third kappa shape index (κ3) is 12.1. The maximum absolute atomic E-state index is 12.7. The highest BCUT2D eigenvalue weighted by molar-refractivity contribution is 5.77. The normalized spacial score (nSPS) is 15.7. The van der Waals surface area contributed by atoms with E-state index in [0.29, 0.717) is 18.6 Å². The van der Waals surface area contributed by atoms with Gasteiger partial charge in [0.1, 0.15) is 11.4 Å². The number of amides is 1. The zero-order valence-electron chi connectivity index (χ0n) is 26.4. The number of methoxy groups -OCH3 is 1. The Balaban J connectivity index is 3.37. The van der Waals surface area contributed by atoms with Gasteiger partial charge in [0.25, 0.3) is 0 Å². The quantitative estimate of drug-likeness (QED) is 0.191. The number of esters is 1. The van der Waals surface area contributed by atoms with Gasteiger partial charge in [-0.2, -0.15) is 0 Å². The molecule has 1 unspecified atom stereocenters. The van der Waals surface area contributed by atoms with Gasteiger partial charge in [0.2, 0.25) is 6.10 Å². The summed E-state index contributed by atoms with van der Waals surface area (Å²) in [6, 6.07) is 5.19. The third-order valence-corrected chi connectivity index (χ3v) is 6.94. The minimum atomic E-state index is -1.09. The summed E-state index contributed by atoms with van der Waals surface area (Å²) < 4.78 is 16.4. The molecule has 0 aliphatic carbocycles. The van der Waals surface area contributed by atoms with Gasteiger partial charge in [0.05, 0.1) is 25.2 Å². The summed E-state index contributed by atoms with van der Waals surface area (Å²) in [5.41, 5.74) is 0.870. The Morgan fingerprint density at radius 1 is 1.05 bits per heavy atom. The molecule has 0 radical (unpaired) electrons. The first-order valence-corrected chi connectivity index (χ1v) is 14.2. The van der Waals surface area contributed by atoms with Crippen molar-refractivity contribution in [1.82, 2.24) is 5.32 Å². The molecule has 232 valence electrons. The molecule has 0 aliphatic heterocycles. The van der Waals surface area contributed by atoms with Crippen molar-refractivity contribution in [2.45, 2.75) is 111 Å². The summed E-state index contributed by atoms with van der Waals surface area (Å²) in [7, 11) is 1.30. The SMILES string of the molecule is C=C[C@@H](Oc1cc(C[C@@H](C[C@H](NC(=O)OC(C)(C)C)[C@@H](O)CC(C)C(=O)O)C(C)C)ccc1C(C)(C)C)C(=O)OC. The molecule has 1 aromatic carbocycles. The third-order valence-electron chi connectivity index (χ3n) is 6.94. The van der Waals surface area contributed by atoms with Gasteiger partial charge in [-0.1, -0.05) is 60.3 Å². The summed E-state index contributed by atoms with van der Waals surface area (Å²) in [5, 5.41) is 23.2. The molecule has 0 heterocycles. The van der Waals surface area contributed by atoms with Crippen molar-refractivity contribution in [1.29, 1.82) is 0 Å². The fourth-order valence-corrected chi connectivity index (χ4v) is 4.47. The van der Waals surface area contributed by atoms with Crippen LogP contribution in [0.5, 0.6) is 5.75 Å². The Labute approximate surface area is 245 Å². The molecular formula is C32H51NO8. The second-order valence-electron chi connectivity index (χ2n) is 13.1. The molecule has 0 fully saturated rings. The fourth-order valence-electron chi connectivity index (χ4n) is 4.47. The van der Waals surface area contributed by atoms with Crippen molar-refractivity contribution in [2.24, 2.45) is 17.8 Å². The summed E-state index contributed by atoms with van der Waals surface area (Å²) in [4.78, 5) is 36.3. The first-order valence-electron chi connectivity index (χ1n) is 14.2. The van der Waals surface area contributed by atoms with E-state index in [1.165, 1.54) is 20.1 Å². The Hall–Kier alpha value is -3.07. The summed E-state index contributed by atoms with van der Waals surface area (Å²) >= 11 is 0. The van der Waals surface area contributed by atoms with Gasteiger partial charge in [0, 0.05) is 0 Å². The van der Waals surface area contributed by atoms with E-state index in [-0.39, 0.29) is 23.7 Å². The molecule has 9 nitrogen and oxygen atoms in total. The number of carbonyl (C=O) groups excluding carboxylic acids is 2. The van der Waals surface area contributed by atoms with Crippen LogP contribution in [0.2, 0.25) is 0 Å². The average molecular weight is 578 g/mol. The van der Waals surface area contributed by atoms with E-state index in [2.05, 4.69) is 46.5 Å². The van der Waals surface area contributed by atoms with E-state index >= 15 is 0 Å². The Morgan fingerprint density at radius 3 is 2.12 bits per heavy atom. The molecule has 3 N–H and O–H groups in total. The Kier molecular flexibility index (Phi) is 13.4. The second kappa shape index (κ2) is 15.2. The van der Waals surface area contributed by atoms with Gasteiger partial charge in [0.15, 0.2) is 0 Å². The number of ether oxygens (including phenoxy) is 3. The molecule has 1 rings (SSSR count). The highest BCUT2D eigenvalue weighted by atomic mass is 16.6. The highest BCUT2D eigenvalue weighted by Gasteiger charge is 2.31. The minimum absolute atomic E-state index is 0.00568. The van der Waals surface area contributed by atoms with Crippen LogP contribution in [-0.2, 0) is 30.9 Å². The van der Waals surface area contributed by atoms with Gasteiger partial charge in [-0.15, -0.1) is 0 Å². The van der Waals surface area contributed by atoms with Gasteiger partial charge < -0.3 is 29.7 Å². The number of hydrogen-bond donors (Lipinski definition) is 3. The van der Waals surface area contributed by atoms with Crippen LogP contribution in [0, 0.1) is 17.8 Å². The van der Waals surface area contributed by atoms with Crippen LogP contribution in [0.1, 0.15) is 86.3 Å². The number of carboxylic acids is 1. The lowest BCUT2D eigenvalue weighted by atomic mass is 9.80. The summed E-state index contributed by atoms with van der Waals surface area (Å²) in [5.74, 6) is -1.66. The fraction of sp³-hybridized carbons (Fsp3) is 0.656. The van der Waals surface area contributed by atoms with Crippen LogP contribution >= 0.6 is 0 Å². The van der Waals surface area contributed by atoms with Crippen LogP contribution in [0.4, 0.5) is 4.79 Å². The molecule has 5 atom stereocenters. The van der Waals surface area contributed by atoms with Gasteiger partial charge >= 0.3 is 18.0 Å². The average Bonchev–Trinajstić information content (AvgIpc) is 2.83. The number of alkyl carbamates (subject to hydrolysis) is 1. The highest BCUT2D eigenvalue weighted by Crippen LogP contribution is 2.35. The van der Waals surface area contributed by atoms with E-state index < -0.39 is 47.8 Å². The largest absolute Gasteiger partial charge is 0.481 e. The number of benzene rings is 1. The zero-order chi connectivity index (χ0) is 31.7. The van der Waals surface area contributed by atoms with E-state index in [9.17, 15) is 24.6 Å². The van der Waals surface area contributed by atoms with Crippen molar-refractivity contribution in [3.05, 3.63) is 42.0 Å². The summed E-state index contributed by atoms with van der Waals surface area (Å²) in [6.45, 7) is 20.8. The molecule has 0 bridgehead atoms. The predicted octanol–water partition coefficient (Wildman–Crippen LogP) is 5.66. The van der Waals surface area contributed by atoms with Crippen molar-refractivity contribution < 1.29 is 38.8 Å². The lowest BCUT2D eigenvalue weighted by Gasteiger charge is -2.32. The standard InChI is InChI=1S/C32H51NO8/c1-12-26(29(37)39-11)40-27-17-21(13-14-23(27)31(5,6)7)16-22(19(2)3)18-24(25(34)15-20(4)28(35)36)33-30(38)41-32(8,9)10/h12-14,17,19-20,22,24-26,34H,1,15-16,18H2,2-11H3,(H,33,38)(H,35,36)/t20?,22-,24-,25-,26+/m0/s1. The maximum Gasteiger partial charge on any atom is 0.407 e. The molecule has 9 heteroatoms. The van der Waals surface area contributed by atoms with Gasteiger partial charge in [-0.05, 0) is 80.6 Å². The first kappa shape index (κ1) is 36.0. The zero-order valence-corrected chi connectivity index (χ0v) is 26.4. The molecule has 0 saturated carbocycles. The topological polar surface area (TPSA) is 131 Å². The molecular weight excluding hydrogens is 526 g/mol. The predicted molar refractivity (Wildman–Crippen MR) is 159 cm³/mol. The van der Waals surface area contributed by atoms with Gasteiger partial charge in [-0.3, -0.25) is 4.79 Å². The molecule has 0 spiro atoms. The Bertz CT molecular complexity index is 1040. The monoisotopic (exact) mass is 577 g/mol. The van der Waals surface area contributed by atoms with Gasteiger partial charge in [-0.25, -0.2) is 9.59 Å². The second-order valence-corrected chi connectivity index (χ2v) is 13.1. The number of rotatable bonds is 14. The number of carbonyl (C=O) groups is 3. The number of aliphatic carboxylic acids is 1. The van der Waals surface area contributed by atoms with Crippen LogP contribution in [-0.4, -0.2) is 59.2 Å². The van der Waals surface area contributed by atoms with Crippen LogP contribution in [0.3, 0.4) is 0 Å². The molecule has 0 saturated heterocycles. The van der Waals surface area contributed by atoms with E-state index in [1.807, 2.05) is 18.2 Å². The Morgan fingerprint density at radius 2 is 1.66 bits per heavy atom. The summed E-state index contributed by atoms with van der Waals surface area (Å²) in [6.07, 6.45) is -0.377. The van der Waals surface area contributed by atoms with E-state index in [4.69, 9.17) is 14.2 Å². The van der Waals surface area contributed by atoms with Crippen molar-refractivity contribution in [2.75, 3.05) is 7.11 Å². The number of aliphatic hydroxyl groups is 1. The van der Waals surface area contributed by atoms with Crippen molar-refractivity contribution in [3.8, 4) is 5.75 Å². The molecule has 0 aromatic heterocycles. The number of aliphatic hydroxyl groups excluding tert-OH is 1. The number of hydrogen-bond acceptors (Lipinski definition) is 7. The number of carboxylic acid groups (broad SMARTS) is 1. The maximum atomic E-state index is 12.7. The van der Waals surface area contributed by atoms with E-state index in [1.54, 1.807) is 20.8 Å². The molecule has 1 aromatic rings. The van der Waals surface area contributed by atoms with Crippen molar-refractivity contribution in [3.63, 3.8) is 0 Å². The molecule has 41 heavy (non-hydrogen) atoms. The van der Waals surface area contributed by atoms with Crippen molar-refractivity contribution >= 4 is 18.0 Å². The molecule has 0 aliphatic rings. The lowest BCUT2D eigenvalue weighted by molar-refractivity contribution is -0.146. The lowest BCUT2D eigenvalue weighted by Crippen LogP contribution is -2.47. The minimum Gasteiger partial charge on any atom is -0.481 e. The van der Waals surface area contributed by atoms with Crippen LogP contribution < -0.4 is 10.1 Å². The molecule has 1 amide bonds. The number of nitrogens with one attached hydrogen (secondary N) is 1. The smallest absolute Gasteiger partial charge is 0.407 e. The van der Waals surface area contributed by atoms with Crippen LogP contribution in [0.15, 0.2) is 30.9 Å². The van der Waals surface area contributed by atoms with Crippen LogP contribution in [0.25, 0.3) is 0 Å².